The SMILES string of the molecule is CC(C)C(C)N(C)C(C)C(=O)c1ccc(F)cc1. The fourth-order valence-corrected chi connectivity index (χ4v) is 1.86. The first-order valence-electron chi connectivity index (χ1n) is 6.36. The molecular weight excluding hydrogens is 229 g/mol. The Morgan fingerprint density at radius 3 is 2.06 bits per heavy atom. The minimum absolute atomic E-state index is 0.0324. The van der Waals surface area contributed by atoms with Crippen LogP contribution >= 0.6 is 0 Å². The van der Waals surface area contributed by atoms with Crippen molar-refractivity contribution in [1.82, 2.24) is 4.90 Å². The van der Waals surface area contributed by atoms with Crippen LogP contribution in [0.25, 0.3) is 0 Å². The highest BCUT2D eigenvalue weighted by Gasteiger charge is 2.24. The van der Waals surface area contributed by atoms with Crippen LogP contribution in [0.3, 0.4) is 0 Å². The molecule has 0 fully saturated rings. The molecule has 2 nitrogen and oxygen atoms in total. The Morgan fingerprint density at radius 1 is 1.11 bits per heavy atom. The normalized spacial score (nSPS) is 14.9. The van der Waals surface area contributed by atoms with Crippen molar-refractivity contribution in [2.45, 2.75) is 39.8 Å². The van der Waals surface area contributed by atoms with Crippen molar-refractivity contribution in [3.05, 3.63) is 35.6 Å². The van der Waals surface area contributed by atoms with E-state index in [9.17, 15) is 9.18 Å². The van der Waals surface area contributed by atoms with Crippen molar-refractivity contribution in [2.24, 2.45) is 5.92 Å². The van der Waals surface area contributed by atoms with Gasteiger partial charge in [0.1, 0.15) is 5.82 Å². The monoisotopic (exact) mass is 251 g/mol. The van der Waals surface area contributed by atoms with Crippen molar-refractivity contribution < 1.29 is 9.18 Å². The first-order chi connectivity index (χ1) is 8.34. The number of carbonyl (C=O) groups is 1. The second-order valence-electron chi connectivity index (χ2n) is 5.20. The van der Waals surface area contributed by atoms with Gasteiger partial charge in [-0.2, -0.15) is 0 Å². The van der Waals surface area contributed by atoms with E-state index >= 15 is 0 Å². The Hall–Kier alpha value is -1.22. The van der Waals surface area contributed by atoms with Crippen LogP contribution in [-0.4, -0.2) is 29.8 Å². The van der Waals surface area contributed by atoms with Crippen molar-refractivity contribution in [3.8, 4) is 0 Å². The van der Waals surface area contributed by atoms with E-state index in [2.05, 4.69) is 25.7 Å². The molecule has 0 bridgehead atoms. The summed E-state index contributed by atoms with van der Waals surface area (Å²) in [6.07, 6.45) is 0. The molecule has 0 aliphatic heterocycles. The maximum absolute atomic E-state index is 12.8. The molecule has 2 atom stereocenters. The summed E-state index contributed by atoms with van der Waals surface area (Å²) in [5, 5.41) is 0. The van der Waals surface area contributed by atoms with Gasteiger partial charge in [0, 0.05) is 11.6 Å². The van der Waals surface area contributed by atoms with Gasteiger partial charge in [0.05, 0.1) is 6.04 Å². The van der Waals surface area contributed by atoms with Gasteiger partial charge in [0.2, 0.25) is 0 Å². The van der Waals surface area contributed by atoms with Crippen molar-refractivity contribution in [1.29, 1.82) is 0 Å². The van der Waals surface area contributed by atoms with Crippen LogP contribution in [0.2, 0.25) is 0 Å². The number of likely N-dealkylation sites (N-methyl/N-ethyl adjacent to an activating group) is 1. The lowest BCUT2D eigenvalue weighted by Gasteiger charge is -2.32. The van der Waals surface area contributed by atoms with Crippen molar-refractivity contribution in [2.75, 3.05) is 7.05 Å². The number of rotatable bonds is 5. The standard InChI is InChI=1S/C15H22FNO/c1-10(2)11(3)17(5)12(4)15(18)13-6-8-14(16)9-7-13/h6-12H,1-5H3. The minimum Gasteiger partial charge on any atom is -0.294 e. The van der Waals surface area contributed by atoms with Crippen LogP contribution in [0.15, 0.2) is 24.3 Å². The number of nitrogens with zero attached hydrogens (tertiary/aromatic N) is 1. The molecule has 0 radical (unpaired) electrons. The molecule has 0 aliphatic carbocycles. The lowest BCUT2D eigenvalue weighted by molar-refractivity contribution is 0.0791. The van der Waals surface area contributed by atoms with Gasteiger partial charge in [-0.3, -0.25) is 9.69 Å². The molecule has 0 saturated heterocycles. The number of benzene rings is 1. The summed E-state index contributed by atoms with van der Waals surface area (Å²) in [4.78, 5) is 14.3. The largest absolute Gasteiger partial charge is 0.294 e. The summed E-state index contributed by atoms with van der Waals surface area (Å²) in [6, 6.07) is 5.86. The van der Waals surface area contributed by atoms with E-state index in [1.165, 1.54) is 12.1 Å². The van der Waals surface area contributed by atoms with Crippen LogP contribution in [0.5, 0.6) is 0 Å². The number of hydrogen-bond acceptors (Lipinski definition) is 2. The van der Waals surface area contributed by atoms with E-state index in [0.29, 0.717) is 17.5 Å². The lowest BCUT2D eigenvalue weighted by atomic mass is 9.99. The molecule has 0 saturated carbocycles. The zero-order chi connectivity index (χ0) is 13.9. The Kier molecular flexibility index (Phi) is 5.03. The maximum Gasteiger partial charge on any atom is 0.179 e. The smallest absolute Gasteiger partial charge is 0.179 e. The number of carbonyl (C=O) groups excluding carboxylic acids is 1. The average molecular weight is 251 g/mol. The van der Waals surface area contributed by atoms with Crippen LogP contribution in [0, 0.1) is 11.7 Å². The Balaban J connectivity index is 2.80. The van der Waals surface area contributed by atoms with E-state index in [1.807, 2.05) is 14.0 Å². The van der Waals surface area contributed by atoms with Gasteiger partial charge in [-0.25, -0.2) is 4.39 Å². The third-order valence-electron chi connectivity index (χ3n) is 3.73. The second-order valence-corrected chi connectivity index (χ2v) is 5.20. The highest BCUT2D eigenvalue weighted by atomic mass is 19.1. The summed E-state index contributed by atoms with van der Waals surface area (Å²) in [6.45, 7) is 8.27. The molecule has 3 heteroatoms. The molecule has 0 aromatic heterocycles. The zero-order valence-corrected chi connectivity index (χ0v) is 11.8. The molecule has 0 spiro atoms. The van der Waals surface area contributed by atoms with Gasteiger partial charge in [-0.1, -0.05) is 13.8 Å². The van der Waals surface area contributed by atoms with Gasteiger partial charge < -0.3 is 0 Å². The van der Waals surface area contributed by atoms with E-state index in [1.54, 1.807) is 12.1 Å². The Labute approximate surface area is 109 Å². The molecule has 0 N–H and O–H groups in total. The van der Waals surface area contributed by atoms with Gasteiger partial charge in [-0.05, 0) is 51.1 Å². The molecule has 0 heterocycles. The summed E-state index contributed by atoms with van der Waals surface area (Å²) in [7, 11) is 1.96. The van der Waals surface area contributed by atoms with Gasteiger partial charge in [0.15, 0.2) is 5.78 Å². The lowest BCUT2D eigenvalue weighted by Crippen LogP contribution is -2.43. The van der Waals surface area contributed by atoms with Gasteiger partial charge in [0.25, 0.3) is 0 Å². The number of halogens is 1. The maximum atomic E-state index is 12.8. The van der Waals surface area contributed by atoms with Gasteiger partial charge >= 0.3 is 0 Å². The summed E-state index contributed by atoms with van der Waals surface area (Å²) in [5.74, 6) is 0.201. The van der Waals surface area contributed by atoms with E-state index in [0.717, 1.165) is 0 Å². The quantitative estimate of drug-likeness (QED) is 0.748. The first kappa shape index (κ1) is 14.8. The number of ketones is 1. The van der Waals surface area contributed by atoms with Crippen LogP contribution in [0.4, 0.5) is 4.39 Å². The number of hydrogen-bond donors (Lipinski definition) is 0. The van der Waals surface area contributed by atoms with Crippen molar-refractivity contribution >= 4 is 5.78 Å². The summed E-state index contributed by atoms with van der Waals surface area (Å²) >= 11 is 0. The van der Waals surface area contributed by atoms with Gasteiger partial charge in [-0.15, -0.1) is 0 Å². The highest BCUT2D eigenvalue weighted by molar-refractivity contribution is 5.99. The fraction of sp³-hybridized carbons (Fsp3) is 0.533. The minimum atomic E-state index is -0.317. The molecule has 100 valence electrons. The molecule has 1 aromatic carbocycles. The first-order valence-corrected chi connectivity index (χ1v) is 6.36. The molecule has 1 aromatic rings. The average Bonchev–Trinajstić information content (AvgIpc) is 2.36. The molecule has 2 unspecified atom stereocenters. The highest BCUT2D eigenvalue weighted by Crippen LogP contribution is 2.15. The third kappa shape index (κ3) is 3.39. The van der Waals surface area contributed by atoms with Crippen LogP contribution < -0.4 is 0 Å². The Bertz CT molecular complexity index is 399. The number of Topliss-reactive ketones (excluding diaryl/α,β-unsaturated/α-hetero) is 1. The van der Waals surface area contributed by atoms with E-state index in [4.69, 9.17) is 0 Å². The molecule has 18 heavy (non-hydrogen) atoms. The predicted molar refractivity (Wildman–Crippen MR) is 72.3 cm³/mol. The molecule has 0 aliphatic rings. The molecule has 0 amide bonds. The van der Waals surface area contributed by atoms with Crippen LogP contribution in [0.1, 0.15) is 38.1 Å². The van der Waals surface area contributed by atoms with E-state index < -0.39 is 0 Å². The summed E-state index contributed by atoms with van der Waals surface area (Å²) in [5.41, 5.74) is 0.562. The predicted octanol–water partition coefficient (Wildman–Crippen LogP) is 3.37. The Morgan fingerprint density at radius 2 is 1.61 bits per heavy atom. The molecule has 1 rings (SSSR count). The second kappa shape index (κ2) is 6.10. The molecular formula is C15H22FNO. The van der Waals surface area contributed by atoms with Crippen molar-refractivity contribution in [3.63, 3.8) is 0 Å². The van der Waals surface area contributed by atoms with E-state index in [-0.39, 0.29) is 17.6 Å². The summed E-state index contributed by atoms with van der Waals surface area (Å²) < 4.78 is 12.8. The third-order valence-corrected chi connectivity index (χ3v) is 3.73. The zero-order valence-electron chi connectivity index (χ0n) is 11.8. The van der Waals surface area contributed by atoms with Crippen LogP contribution in [-0.2, 0) is 0 Å². The topological polar surface area (TPSA) is 20.3 Å². The fourth-order valence-electron chi connectivity index (χ4n) is 1.86.